The molecule has 3 aromatic rings. The third kappa shape index (κ3) is 3.18. The van der Waals surface area contributed by atoms with Crippen molar-refractivity contribution in [2.75, 3.05) is 19.6 Å². The second kappa shape index (κ2) is 7.02. The van der Waals surface area contributed by atoms with Gasteiger partial charge < -0.3 is 9.47 Å². The van der Waals surface area contributed by atoms with E-state index in [0.29, 0.717) is 11.8 Å². The molecule has 0 saturated carbocycles. The Balaban J connectivity index is 1.40. The molecule has 2 bridgehead atoms. The first-order valence-corrected chi connectivity index (χ1v) is 10.0. The predicted molar refractivity (Wildman–Crippen MR) is 108 cm³/mol. The Morgan fingerprint density at radius 2 is 2.00 bits per heavy atom. The molecule has 0 amide bonds. The predicted octanol–water partition coefficient (Wildman–Crippen LogP) is 2.53. The van der Waals surface area contributed by atoms with Crippen molar-refractivity contribution in [3.8, 4) is 11.1 Å². The van der Waals surface area contributed by atoms with E-state index in [9.17, 15) is 4.79 Å². The average Bonchev–Trinajstić information content (AvgIpc) is 3.12. The molecule has 5 rings (SSSR count). The first kappa shape index (κ1) is 17.4. The van der Waals surface area contributed by atoms with Gasteiger partial charge in [-0.25, -0.2) is 0 Å². The number of nitrogens with zero attached hydrogens (tertiary/aromatic N) is 5. The summed E-state index contributed by atoms with van der Waals surface area (Å²) in [6, 6.07) is 9.96. The van der Waals surface area contributed by atoms with Crippen LogP contribution in [0.15, 0.2) is 53.7 Å². The van der Waals surface area contributed by atoms with E-state index >= 15 is 0 Å². The highest BCUT2D eigenvalue weighted by atomic mass is 16.1. The number of piperidine rings is 1. The molecule has 0 aromatic carbocycles. The largest absolute Gasteiger partial charge is 0.312 e. The quantitative estimate of drug-likeness (QED) is 0.703. The van der Waals surface area contributed by atoms with Gasteiger partial charge in [0.25, 0.3) is 5.56 Å². The van der Waals surface area contributed by atoms with Crippen LogP contribution in [0.1, 0.15) is 23.7 Å². The third-order valence-electron chi connectivity index (χ3n) is 6.18. The molecule has 2 aliphatic rings. The first-order chi connectivity index (χ1) is 13.7. The van der Waals surface area contributed by atoms with Crippen LogP contribution in [0.4, 0.5) is 0 Å². The minimum Gasteiger partial charge on any atom is -0.312 e. The molecule has 1 fully saturated rings. The Bertz CT molecular complexity index is 1040. The van der Waals surface area contributed by atoms with Gasteiger partial charge in [-0.15, -0.1) is 0 Å². The Kier molecular flexibility index (Phi) is 4.36. The summed E-state index contributed by atoms with van der Waals surface area (Å²) in [6.07, 6.45) is 6.63. The maximum Gasteiger partial charge on any atom is 0.251 e. The fourth-order valence-electron chi connectivity index (χ4n) is 4.81. The fraction of sp³-hybridized carbons (Fsp3) is 0.409. The highest BCUT2D eigenvalue weighted by Gasteiger charge is 2.34. The number of hydrogen-bond donors (Lipinski definition) is 0. The minimum absolute atomic E-state index is 0.117. The smallest absolute Gasteiger partial charge is 0.251 e. The number of likely N-dealkylation sites (tertiary alicyclic amines) is 1. The van der Waals surface area contributed by atoms with Gasteiger partial charge >= 0.3 is 0 Å². The van der Waals surface area contributed by atoms with Crippen molar-refractivity contribution in [1.82, 2.24) is 24.2 Å². The molecule has 6 heteroatoms. The molecule has 1 saturated heterocycles. The lowest BCUT2D eigenvalue weighted by molar-refractivity contribution is 0.115. The molecule has 2 aliphatic heterocycles. The lowest BCUT2D eigenvalue weighted by Crippen LogP contribution is -2.47. The maximum absolute atomic E-state index is 12.8. The number of pyridine rings is 2. The van der Waals surface area contributed by atoms with Gasteiger partial charge in [-0.05, 0) is 43.0 Å². The van der Waals surface area contributed by atoms with E-state index in [0.717, 1.165) is 43.9 Å². The Morgan fingerprint density at radius 1 is 1.07 bits per heavy atom. The van der Waals surface area contributed by atoms with Crippen LogP contribution in [0, 0.1) is 12.8 Å². The van der Waals surface area contributed by atoms with Gasteiger partial charge in [0.1, 0.15) is 0 Å². The molecule has 3 aromatic heterocycles. The van der Waals surface area contributed by atoms with Crippen molar-refractivity contribution in [1.29, 1.82) is 0 Å². The number of aromatic nitrogens is 4. The first-order valence-electron chi connectivity index (χ1n) is 10.0. The van der Waals surface area contributed by atoms with Crippen molar-refractivity contribution in [3.05, 3.63) is 70.7 Å². The molecular weight excluding hydrogens is 350 g/mol. The molecule has 0 radical (unpaired) electrons. The van der Waals surface area contributed by atoms with E-state index in [2.05, 4.69) is 32.7 Å². The van der Waals surface area contributed by atoms with Crippen LogP contribution in [0.25, 0.3) is 11.1 Å². The highest BCUT2D eigenvalue weighted by Crippen LogP contribution is 2.36. The summed E-state index contributed by atoms with van der Waals surface area (Å²) >= 11 is 0. The maximum atomic E-state index is 12.8. The molecule has 0 aliphatic carbocycles. The summed E-state index contributed by atoms with van der Waals surface area (Å²) in [5.41, 5.74) is 4.49. The van der Waals surface area contributed by atoms with Crippen LogP contribution in [0.5, 0.6) is 0 Å². The fourth-order valence-corrected chi connectivity index (χ4v) is 4.81. The van der Waals surface area contributed by atoms with Crippen LogP contribution in [0.2, 0.25) is 0 Å². The minimum atomic E-state index is 0.117. The highest BCUT2D eigenvalue weighted by molar-refractivity contribution is 5.62. The Hall–Kier alpha value is -2.73. The summed E-state index contributed by atoms with van der Waals surface area (Å²) in [4.78, 5) is 19.6. The van der Waals surface area contributed by atoms with Crippen LogP contribution < -0.4 is 5.56 Å². The molecule has 0 unspecified atom stereocenters. The van der Waals surface area contributed by atoms with Gasteiger partial charge in [0.2, 0.25) is 0 Å². The third-order valence-corrected chi connectivity index (χ3v) is 6.18. The monoisotopic (exact) mass is 375 g/mol. The zero-order valence-electron chi connectivity index (χ0n) is 16.2. The van der Waals surface area contributed by atoms with Crippen molar-refractivity contribution in [3.63, 3.8) is 0 Å². The molecule has 2 atom stereocenters. The summed E-state index contributed by atoms with van der Waals surface area (Å²) in [6.45, 7) is 6.92. The zero-order chi connectivity index (χ0) is 19.1. The van der Waals surface area contributed by atoms with Crippen molar-refractivity contribution >= 4 is 0 Å². The average molecular weight is 375 g/mol. The van der Waals surface area contributed by atoms with Gasteiger partial charge in [-0.1, -0.05) is 6.07 Å². The van der Waals surface area contributed by atoms with Gasteiger partial charge in [-0.3, -0.25) is 14.5 Å². The van der Waals surface area contributed by atoms with Gasteiger partial charge in [0.15, 0.2) is 0 Å². The van der Waals surface area contributed by atoms with Crippen molar-refractivity contribution in [2.24, 2.45) is 5.92 Å². The van der Waals surface area contributed by atoms with Crippen LogP contribution >= 0.6 is 0 Å². The second-order valence-electron chi connectivity index (χ2n) is 8.11. The summed E-state index contributed by atoms with van der Waals surface area (Å²) in [5, 5.41) is 4.40. The van der Waals surface area contributed by atoms with Crippen molar-refractivity contribution < 1.29 is 0 Å². The zero-order valence-corrected chi connectivity index (χ0v) is 16.2. The second-order valence-corrected chi connectivity index (χ2v) is 8.11. The van der Waals surface area contributed by atoms with E-state index < -0.39 is 0 Å². The van der Waals surface area contributed by atoms with Crippen LogP contribution in [-0.2, 0) is 13.1 Å². The molecule has 144 valence electrons. The molecule has 0 N–H and O–H groups in total. The number of fused-ring (bicyclic) bond motifs is 4. The SMILES string of the molecule is Cc1ccnn1CCN1C[C@@H]2C[C@H](C1)c1cc(-c3cccnc3)cc(=O)n1C2. The molecule has 6 nitrogen and oxygen atoms in total. The normalized spacial score (nSPS) is 21.5. The molecule has 28 heavy (non-hydrogen) atoms. The molecule has 5 heterocycles. The van der Waals surface area contributed by atoms with Gasteiger partial charge in [0, 0.05) is 73.7 Å². The number of aryl methyl sites for hydroxylation is 1. The number of rotatable bonds is 4. The standard InChI is InChI=1S/C22H25N5O/c1-16-4-6-24-27(16)8-7-25-13-17-9-20(15-25)21-10-19(11-22(28)26(21)14-17)18-3-2-5-23-12-18/h2-6,10-12,17,20H,7-9,13-15H2,1H3/t17-,20+/m0/s1. The van der Waals surface area contributed by atoms with Crippen LogP contribution in [0.3, 0.4) is 0 Å². The molecular formula is C22H25N5O. The van der Waals surface area contributed by atoms with E-state index in [1.165, 1.54) is 17.8 Å². The van der Waals surface area contributed by atoms with Crippen molar-refractivity contribution in [2.45, 2.75) is 32.4 Å². The Labute approximate surface area is 164 Å². The Morgan fingerprint density at radius 3 is 2.79 bits per heavy atom. The molecule has 0 spiro atoms. The summed E-state index contributed by atoms with van der Waals surface area (Å²) in [7, 11) is 0. The lowest BCUT2D eigenvalue weighted by Gasteiger charge is -2.43. The van der Waals surface area contributed by atoms with Gasteiger partial charge in [0.05, 0.1) is 6.54 Å². The summed E-state index contributed by atoms with van der Waals surface area (Å²) in [5.74, 6) is 0.961. The van der Waals surface area contributed by atoms with Crippen LogP contribution in [-0.4, -0.2) is 43.9 Å². The van der Waals surface area contributed by atoms with Gasteiger partial charge in [-0.2, -0.15) is 5.10 Å². The van der Waals surface area contributed by atoms with E-state index in [1.54, 1.807) is 12.3 Å². The van der Waals surface area contributed by atoms with E-state index in [1.807, 2.05) is 35.2 Å². The topological polar surface area (TPSA) is 56.0 Å². The number of hydrogen-bond acceptors (Lipinski definition) is 4. The lowest BCUT2D eigenvalue weighted by atomic mass is 9.82. The van der Waals surface area contributed by atoms with E-state index in [4.69, 9.17) is 0 Å². The van der Waals surface area contributed by atoms with E-state index in [-0.39, 0.29) is 5.56 Å². The summed E-state index contributed by atoms with van der Waals surface area (Å²) < 4.78 is 4.08.